The van der Waals surface area contributed by atoms with Crippen molar-refractivity contribution in [3.05, 3.63) is 88.2 Å². The van der Waals surface area contributed by atoms with Gasteiger partial charge in [-0.1, -0.05) is 30.3 Å². The Morgan fingerprint density at radius 2 is 1.87 bits per heavy atom. The third kappa shape index (κ3) is 4.82. The smallest absolute Gasteiger partial charge is 0.279 e. The van der Waals surface area contributed by atoms with E-state index in [4.69, 9.17) is 10.3 Å². The molecule has 0 saturated carbocycles. The lowest BCUT2D eigenvalue weighted by Crippen LogP contribution is -2.17. The molecule has 0 spiro atoms. The van der Waals surface area contributed by atoms with Crippen LogP contribution in [-0.2, 0) is 16.3 Å². The maximum atomic E-state index is 13.4. The van der Waals surface area contributed by atoms with Gasteiger partial charge in [0.15, 0.2) is 21.2 Å². The summed E-state index contributed by atoms with van der Waals surface area (Å²) in [7, 11) is -3.65. The highest BCUT2D eigenvalue weighted by molar-refractivity contribution is 7.90. The van der Waals surface area contributed by atoms with Gasteiger partial charge < -0.3 is 15.6 Å². The van der Waals surface area contributed by atoms with E-state index < -0.39 is 20.7 Å². The number of nitrogens with zero attached hydrogens (tertiary/aromatic N) is 4. The molecule has 0 radical (unpaired) electrons. The lowest BCUT2D eigenvalue weighted by atomic mass is 10.0. The van der Waals surface area contributed by atoms with Gasteiger partial charge in [0.05, 0.1) is 32.1 Å². The maximum absolute atomic E-state index is 13.4. The van der Waals surface area contributed by atoms with Crippen LogP contribution in [0.5, 0.6) is 0 Å². The molecule has 13 heteroatoms. The van der Waals surface area contributed by atoms with Crippen LogP contribution in [-0.4, -0.2) is 40.4 Å². The minimum atomic E-state index is -3.65. The van der Waals surface area contributed by atoms with Crippen LogP contribution in [0.15, 0.2) is 76.1 Å². The molecule has 0 fully saturated rings. The molecule has 1 amide bonds. The van der Waals surface area contributed by atoms with Crippen molar-refractivity contribution in [3.63, 3.8) is 0 Å². The molecule has 2 aromatic heterocycles. The molecule has 0 atom stereocenters. The van der Waals surface area contributed by atoms with Gasteiger partial charge in [0.1, 0.15) is 5.69 Å². The monoisotopic (exact) mass is 546 g/mol. The van der Waals surface area contributed by atoms with Crippen molar-refractivity contribution in [2.24, 2.45) is 0 Å². The average Bonchev–Trinajstić information content (AvgIpc) is 3.52. The molecule has 0 saturated heterocycles. The third-order valence-corrected chi connectivity index (χ3v) is 7.26. The molecule has 2 heterocycles. The van der Waals surface area contributed by atoms with E-state index >= 15 is 0 Å². The molecule has 0 bridgehead atoms. The molecule has 198 valence electrons. The minimum absolute atomic E-state index is 0.0358. The van der Waals surface area contributed by atoms with Crippen LogP contribution in [0.4, 0.5) is 17.2 Å². The number of nitro groups is 1. The molecule has 39 heavy (non-hydrogen) atoms. The first-order valence-electron chi connectivity index (χ1n) is 11.7. The number of fused-ring (bicyclic) bond motifs is 1. The largest absolute Gasteiger partial charge is 0.380 e. The van der Waals surface area contributed by atoms with Gasteiger partial charge in [-0.2, -0.15) is 5.10 Å². The Morgan fingerprint density at radius 3 is 2.59 bits per heavy atom. The minimum Gasteiger partial charge on any atom is -0.380 e. The highest BCUT2D eigenvalue weighted by Crippen LogP contribution is 2.36. The second-order valence-corrected chi connectivity index (χ2v) is 10.7. The number of sulfone groups is 1. The predicted octanol–water partition coefficient (Wildman–Crippen LogP) is 4.39. The fraction of sp³-hybridized carbons (Fsp3) is 0.115. The van der Waals surface area contributed by atoms with Gasteiger partial charge in [-0.05, 0) is 48.9 Å². The fourth-order valence-corrected chi connectivity index (χ4v) is 5.14. The zero-order valence-electron chi connectivity index (χ0n) is 20.8. The summed E-state index contributed by atoms with van der Waals surface area (Å²) < 4.78 is 31.2. The lowest BCUT2D eigenvalue weighted by molar-refractivity contribution is -0.384. The first-order chi connectivity index (χ1) is 18.6. The van der Waals surface area contributed by atoms with Gasteiger partial charge in [0.2, 0.25) is 0 Å². The molecular weight excluding hydrogens is 524 g/mol. The summed E-state index contributed by atoms with van der Waals surface area (Å²) in [4.78, 5) is 24.7. The number of benzene rings is 3. The topological polar surface area (TPSA) is 176 Å². The van der Waals surface area contributed by atoms with Gasteiger partial charge in [0.25, 0.3) is 11.6 Å². The summed E-state index contributed by atoms with van der Waals surface area (Å²) in [6.45, 7) is 1.89. The quantitative estimate of drug-likeness (QED) is 0.221. The van der Waals surface area contributed by atoms with Crippen LogP contribution in [0.2, 0.25) is 0 Å². The van der Waals surface area contributed by atoms with E-state index in [9.17, 15) is 23.3 Å². The van der Waals surface area contributed by atoms with Crippen molar-refractivity contribution in [1.82, 2.24) is 14.9 Å². The number of carbonyl (C=O) groups excluding carboxylic acids is 1. The van der Waals surface area contributed by atoms with E-state index in [2.05, 4.69) is 15.6 Å². The molecular formula is C26H22N6O6S. The molecule has 0 aliphatic carbocycles. The predicted molar refractivity (Wildman–Crippen MR) is 145 cm³/mol. The van der Waals surface area contributed by atoms with E-state index in [1.807, 2.05) is 6.92 Å². The highest BCUT2D eigenvalue weighted by atomic mass is 32.2. The van der Waals surface area contributed by atoms with Crippen molar-refractivity contribution < 1.29 is 22.7 Å². The van der Waals surface area contributed by atoms with E-state index in [1.54, 1.807) is 36.4 Å². The van der Waals surface area contributed by atoms with Crippen LogP contribution < -0.4 is 11.1 Å². The zero-order valence-corrected chi connectivity index (χ0v) is 21.6. The number of anilines is 2. The Morgan fingerprint density at radius 1 is 1.10 bits per heavy atom. The number of hydrogen-bond acceptors (Lipinski definition) is 9. The zero-order chi connectivity index (χ0) is 27.9. The summed E-state index contributed by atoms with van der Waals surface area (Å²) in [6, 6.07) is 16.8. The molecule has 5 aromatic rings. The first kappa shape index (κ1) is 25.6. The number of nitro benzene ring substituents is 1. The number of carbonyl (C=O) groups is 1. The van der Waals surface area contributed by atoms with Gasteiger partial charge in [-0.3, -0.25) is 14.9 Å². The Kier molecular flexibility index (Phi) is 6.36. The highest BCUT2D eigenvalue weighted by Gasteiger charge is 2.24. The Bertz CT molecular complexity index is 1880. The van der Waals surface area contributed by atoms with Crippen molar-refractivity contribution >= 4 is 43.9 Å². The fourth-order valence-electron chi connectivity index (χ4n) is 4.23. The van der Waals surface area contributed by atoms with Crippen molar-refractivity contribution in [2.75, 3.05) is 17.3 Å². The molecule has 5 rings (SSSR count). The van der Waals surface area contributed by atoms with Gasteiger partial charge in [-0.15, -0.1) is 0 Å². The number of nitrogens with one attached hydrogen (secondary N) is 1. The van der Waals surface area contributed by atoms with Crippen molar-refractivity contribution in [1.29, 1.82) is 0 Å². The molecule has 0 aliphatic heterocycles. The molecule has 3 N–H and O–H groups in total. The van der Waals surface area contributed by atoms with Crippen molar-refractivity contribution in [2.45, 2.75) is 18.2 Å². The van der Waals surface area contributed by atoms with Crippen LogP contribution in [0.25, 0.3) is 27.8 Å². The summed E-state index contributed by atoms with van der Waals surface area (Å²) in [5.41, 5.74) is 7.83. The summed E-state index contributed by atoms with van der Waals surface area (Å²) in [5.74, 6) is -0.357. The number of nitrogens with two attached hydrogens (primary N) is 1. The second-order valence-electron chi connectivity index (χ2n) is 8.75. The molecule has 3 aromatic carbocycles. The number of aryl methyl sites for hydroxylation is 1. The number of rotatable bonds is 7. The Balaban J connectivity index is 1.53. The lowest BCUT2D eigenvalue weighted by Gasteiger charge is -2.11. The van der Waals surface area contributed by atoms with Gasteiger partial charge in [-0.25, -0.2) is 13.1 Å². The van der Waals surface area contributed by atoms with E-state index in [0.29, 0.717) is 28.8 Å². The number of aromatic nitrogens is 3. The first-order valence-corrected chi connectivity index (χ1v) is 13.6. The van der Waals surface area contributed by atoms with Gasteiger partial charge >= 0.3 is 0 Å². The third-order valence-electron chi connectivity index (χ3n) is 6.11. The van der Waals surface area contributed by atoms with E-state index in [1.165, 1.54) is 35.0 Å². The Labute approximate surface area is 222 Å². The summed E-state index contributed by atoms with van der Waals surface area (Å²) in [6.07, 6.45) is 1.60. The maximum Gasteiger partial charge on any atom is 0.279 e. The number of hydrogen-bond donors (Lipinski definition) is 2. The molecule has 0 unspecified atom stereocenters. The number of nitrogen functional groups attached to an aromatic ring is 1. The van der Waals surface area contributed by atoms with Crippen LogP contribution in [0.3, 0.4) is 0 Å². The molecule has 0 aliphatic rings. The van der Waals surface area contributed by atoms with Crippen LogP contribution in [0, 0.1) is 10.1 Å². The SMILES string of the molecule is CCc1cc(C(=O)Nc2ccc(-c3ccccc3S(C)(=O)=O)c([N+](=O)[O-])c2)n(-c2ccc3onc(N)c3c2)n1. The van der Waals surface area contributed by atoms with Gasteiger partial charge in [0, 0.05) is 23.6 Å². The second kappa shape index (κ2) is 9.68. The standard InChI is InChI=1S/C26H22N6O6S/c1-3-15-12-22(31(29-15)17-9-11-23-20(14-17)25(27)30-38-23)26(33)28-16-8-10-18(21(13-16)32(34)35)19-6-4-5-7-24(19)39(2,36)37/h4-14H,3H2,1-2H3,(H2,27,30)(H,28,33). The normalized spacial score (nSPS) is 11.5. The van der Waals surface area contributed by atoms with Crippen LogP contribution >= 0.6 is 0 Å². The Hall–Kier alpha value is -5.04. The number of amides is 1. The summed E-state index contributed by atoms with van der Waals surface area (Å²) in [5, 5.41) is 23.5. The van der Waals surface area contributed by atoms with E-state index in [-0.39, 0.29) is 38.9 Å². The molecule has 12 nitrogen and oxygen atoms in total. The van der Waals surface area contributed by atoms with Crippen molar-refractivity contribution in [3.8, 4) is 16.8 Å². The van der Waals surface area contributed by atoms with E-state index in [0.717, 1.165) is 6.26 Å². The summed E-state index contributed by atoms with van der Waals surface area (Å²) >= 11 is 0. The average molecular weight is 547 g/mol. The van der Waals surface area contributed by atoms with Crippen LogP contribution in [0.1, 0.15) is 23.1 Å².